The molecule has 0 amide bonds. The minimum atomic E-state index is -0.321. The molecule has 0 bridgehead atoms. The lowest BCUT2D eigenvalue weighted by Crippen LogP contribution is -2.21. The molecule has 0 aliphatic heterocycles. The zero-order chi connectivity index (χ0) is 16.4. The van der Waals surface area contributed by atoms with Crippen molar-refractivity contribution in [2.24, 2.45) is 0 Å². The molecular formula is C15H15N3O3S2. The van der Waals surface area contributed by atoms with Crippen molar-refractivity contribution < 1.29 is 9.53 Å². The Hall–Kier alpha value is -2.03. The van der Waals surface area contributed by atoms with Crippen LogP contribution in [0.15, 0.2) is 28.4 Å². The summed E-state index contributed by atoms with van der Waals surface area (Å²) in [6.45, 7) is 1.18. The van der Waals surface area contributed by atoms with E-state index in [9.17, 15) is 9.59 Å². The lowest BCUT2D eigenvalue weighted by Gasteiger charge is -2.14. The van der Waals surface area contributed by atoms with Crippen LogP contribution >= 0.6 is 22.7 Å². The number of hydrogen-bond acceptors (Lipinski definition) is 7. The fourth-order valence-corrected chi connectivity index (χ4v) is 3.98. The van der Waals surface area contributed by atoms with Crippen LogP contribution in [0, 0.1) is 0 Å². The predicted octanol–water partition coefficient (Wildman–Crippen LogP) is 2.46. The number of carbonyl (C=O) groups is 1. The third-order valence-electron chi connectivity index (χ3n) is 3.26. The molecule has 120 valence electrons. The molecule has 0 unspecified atom stereocenters. The molecule has 0 saturated carbocycles. The SMILES string of the molecule is COC(=O)c1ccc(CN(C)Cc2nc3ccsc3c(=O)[nH]2)s1. The van der Waals surface area contributed by atoms with Gasteiger partial charge in [-0.25, -0.2) is 9.78 Å². The summed E-state index contributed by atoms with van der Waals surface area (Å²) < 4.78 is 5.36. The number of ether oxygens (including phenoxy) is 1. The summed E-state index contributed by atoms with van der Waals surface area (Å²) in [6, 6.07) is 5.52. The highest BCUT2D eigenvalue weighted by Gasteiger charge is 2.12. The average Bonchev–Trinajstić information content (AvgIpc) is 3.15. The van der Waals surface area contributed by atoms with E-state index in [2.05, 4.69) is 9.97 Å². The molecule has 1 N–H and O–H groups in total. The number of esters is 1. The average molecular weight is 349 g/mol. The van der Waals surface area contributed by atoms with Crippen LogP contribution in [-0.4, -0.2) is 35.0 Å². The van der Waals surface area contributed by atoms with Gasteiger partial charge in [-0.3, -0.25) is 9.69 Å². The first kappa shape index (κ1) is 15.9. The van der Waals surface area contributed by atoms with Gasteiger partial charge in [-0.15, -0.1) is 22.7 Å². The van der Waals surface area contributed by atoms with E-state index in [-0.39, 0.29) is 11.5 Å². The summed E-state index contributed by atoms with van der Waals surface area (Å²) in [5.74, 6) is 0.311. The quantitative estimate of drug-likeness (QED) is 0.716. The molecule has 3 aromatic rings. The number of hydrogen-bond donors (Lipinski definition) is 1. The minimum Gasteiger partial charge on any atom is -0.465 e. The van der Waals surface area contributed by atoms with Crippen LogP contribution in [0.5, 0.6) is 0 Å². The number of carbonyl (C=O) groups excluding carboxylic acids is 1. The van der Waals surface area contributed by atoms with E-state index in [1.807, 2.05) is 29.5 Å². The number of H-pyrrole nitrogens is 1. The highest BCUT2D eigenvalue weighted by molar-refractivity contribution is 7.17. The van der Waals surface area contributed by atoms with E-state index >= 15 is 0 Å². The summed E-state index contributed by atoms with van der Waals surface area (Å²) in [5.41, 5.74) is 0.628. The summed E-state index contributed by atoms with van der Waals surface area (Å²) in [4.78, 5) is 34.4. The third-order valence-corrected chi connectivity index (χ3v) is 5.21. The van der Waals surface area contributed by atoms with Crippen molar-refractivity contribution in [3.8, 4) is 0 Å². The Balaban J connectivity index is 1.70. The lowest BCUT2D eigenvalue weighted by molar-refractivity contribution is 0.0606. The van der Waals surface area contributed by atoms with Gasteiger partial charge in [0.25, 0.3) is 5.56 Å². The number of fused-ring (bicyclic) bond motifs is 1. The van der Waals surface area contributed by atoms with Gasteiger partial charge >= 0.3 is 5.97 Å². The van der Waals surface area contributed by atoms with Crippen molar-refractivity contribution in [1.29, 1.82) is 0 Å². The van der Waals surface area contributed by atoms with Gasteiger partial charge in [0.15, 0.2) is 0 Å². The van der Waals surface area contributed by atoms with E-state index in [1.54, 1.807) is 6.07 Å². The normalized spacial score (nSPS) is 11.3. The maximum absolute atomic E-state index is 12.0. The molecule has 6 nitrogen and oxygen atoms in total. The first-order valence-corrected chi connectivity index (χ1v) is 8.58. The van der Waals surface area contributed by atoms with E-state index in [0.29, 0.717) is 28.5 Å². The summed E-state index contributed by atoms with van der Waals surface area (Å²) in [7, 11) is 3.31. The molecule has 0 aromatic carbocycles. The van der Waals surface area contributed by atoms with Gasteiger partial charge in [0.05, 0.1) is 19.2 Å². The van der Waals surface area contributed by atoms with Gasteiger partial charge < -0.3 is 9.72 Å². The number of nitrogens with one attached hydrogen (secondary N) is 1. The Morgan fingerprint density at radius 3 is 2.96 bits per heavy atom. The molecule has 3 heterocycles. The molecule has 0 aliphatic rings. The van der Waals surface area contributed by atoms with Crippen molar-refractivity contribution in [3.63, 3.8) is 0 Å². The fraction of sp³-hybridized carbons (Fsp3) is 0.267. The van der Waals surface area contributed by atoms with Crippen LogP contribution in [0.3, 0.4) is 0 Å². The molecular weight excluding hydrogens is 334 g/mol. The minimum absolute atomic E-state index is 0.0995. The van der Waals surface area contributed by atoms with Crippen LogP contribution in [0.4, 0.5) is 0 Å². The van der Waals surface area contributed by atoms with Crippen LogP contribution in [0.1, 0.15) is 20.4 Å². The Labute approximate surface area is 140 Å². The first-order valence-electron chi connectivity index (χ1n) is 6.89. The van der Waals surface area contributed by atoms with Crippen molar-refractivity contribution >= 4 is 38.9 Å². The highest BCUT2D eigenvalue weighted by Crippen LogP contribution is 2.19. The first-order chi connectivity index (χ1) is 11.1. The summed E-state index contributed by atoms with van der Waals surface area (Å²) in [6.07, 6.45) is 0. The molecule has 0 saturated heterocycles. The predicted molar refractivity (Wildman–Crippen MR) is 91.1 cm³/mol. The second-order valence-corrected chi connectivity index (χ2v) is 7.16. The summed E-state index contributed by atoms with van der Waals surface area (Å²) >= 11 is 2.79. The number of aromatic nitrogens is 2. The van der Waals surface area contributed by atoms with Crippen LogP contribution in [0.25, 0.3) is 10.2 Å². The smallest absolute Gasteiger partial charge is 0.348 e. The molecule has 23 heavy (non-hydrogen) atoms. The molecule has 0 aliphatic carbocycles. The second-order valence-electron chi connectivity index (χ2n) is 5.08. The van der Waals surface area contributed by atoms with E-state index in [4.69, 9.17) is 4.74 Å². The molecule has 3 rings (SSSR count). The van der Waals surface area contributed by atoms with Gasteiger partial charge in [0.1, 0.15) is 15.4 Å². The maximum Gasteiger partial charge on any atom is 0.348 e. The molecule has 8 heteroatoms. The third kappa shape index (κ3) is 3.49. The van der Waals surface area contributed by atoms with E-state index in [0.717, 1.165) is 10.4 Å². The van der Waals surface area contributed by atoms with Gasteiger partial charge in [-0.05, 0) is 30.6 Å². The molecule has 3 aromatic heterocycles. The van der Waals surface area contributed by atoms with Gasteiger partial charge in [-0.1, -0.05) is 0 Å². The van der Waals surface area contributed by atoms with Gasteiger partial charge in [0, 0.05) is 11.4 Å². The van der Waals surface area contributed by atoms with E-state index in [1.165, 1.54) is 29.8 Å². The number of thiophene rings is 2. The van der Waals surface area contributed by atoms with Crippen molar-refractivity contribution in [2.45, 2.75) is 13.1 Å². The van der Waals surface area contributed by atoms with Gasteiger partial charge in [0.2, 0.25) is 0 Å². The Morgan fingerprint density at radius 1 is 1.35 bits per heavy atom. The standard InChI is InChI=1S/C15H15N3O3S2/c1-18(7-9-3-4-11(23-9)15(20)21-2)8-12-16-10-5-6-22-13(10)14(19)17-12/h3-6H,7-8H2,1-2H3,(H,16,17,19). The second kappa shape index (κ2) is 6.61. The molecule has 0 fully saturated rings. The molecule has 0 atom stereocenters. The van der Waals surface area contributed by atoms with Crippen LogP contribution in [-0.2, 0) is 17.8 Å². The van der Waals surface area contributed by atoms with Crippen LogP contribution < -0.4 is 5.56 Å². The Kier molecular flexibility index (Phi) is 4.56. The number of nitrogens with zero attached hydrogens (tertiary/aromatic N) is 2. The monoisotopic (exact) mass is 349 g/mol. The van der Waals surface area contributed by atoms with E-state index < -0.39 is 0 Å². The van der Waals surface area contributed by atoms with Crippen LogP contribution in [0.2, 0.25) is 0 Å². The van der Waals surface area contributed by atoms with Crippen molar-refractivity contribution in [3.05, 3.63) is 49.5 Å². The number of aromatic amines is 1. The zero-order valence-corrected chi connectivity index (χ0v) is 14.3. The molecule has 0 radical (unpaired) electrons. The maximum atomic E-state index is 12.0. The topological polar surface area (TPSA) is 75.3 Å². The van der Waals surface area contributed by atoms with Crippen molar-refractivity contribution in [2.75, 3.05) is 14.2 Å². The highest BCUT2D eigenvalue weighted by atomic mass is 32.1. The van der Waals surface area contributed by atoms with Gasteiger partial charge in [-0.2, -0.15) is 0 Å². The number of rotatable bonds is 5. The lowest BCUT2D eigenvalue weighted by atomic mass is 10.4. The zero-order valence-electron chi connectivity index (χ0n) is 12.7. The fourth-order valence-electron chi connectivity index (χ4n) is 2.25. The Morgan fingerprint density at radius 2 is 2.17 bits per heavy atom. The largest absolute Gasteiger partial charge is 0.465 e. The number of methoxy groups -OCH3 is 1. The molecule has 0 spiro atoms. The summed E-state index contributed by atoms with van der Waals surface area (Å²) in [5, 5.41) is 1.86. The Bertz CT molecular complexity index is 897. The van der Waals surface area contributed by atoms with Crippen molar-refractivity contribution in [1.82, 2.24) is 14.9 Å².